The largest absolute Gasteiger partial charge is 0.494 e. The molecule has 3 heteroatoms. The van der Waals surface area contributed by atoms with Gasteiger partial charge in [-0.2, -0.15) is 0 Å². The van der Waals surface area contributed by atoms with Crippen LogP contribution in [0.3, 0.4) is 0 Å². The van der Waals surface area contributed by atoms with E-state index >= 15 is 0 Å². The number of nitrogens with one attached hydrogen (secondary N) is 1. The lowest BCUT2D eigenvalue weighted by atomic mass is 10.0. The Bertz CT molecular complexity index is 650. The van der Waals surface area contributed by atoms with Gasteiger partial charge in [0.25, 0.3) is 0 Å². The Hall–Kier alpha value is -2.29. The lowest BCUT2D eigenvalue weighted by Gasteiger charge is -2.14. The van der Waals surface area contributed by atoms with Crippen molar-refractivity contribution in [2.45, 2.75) is 39.5 Å². The first-order valence-electron chi connectivity index (χ1n) is 8.21. The fourth-order valence-corrected chi connectivity index (χ4v) is 2.58. The molecule has 0 aliphatic rings. The van der Waals surface area contributed by atoms with Gasteiger partial charge in [0.05, 0.1) is 6.61 Å². The summed E-state index contributed by atoms with van der Waals surface area (Å²) in [6.07, 6.45) is 1.11. The first kappa shape index (κ1) is 17.1. The van der Waals surface area contributed by atoms with Gasteiger partial charge < -0.3 is 10.1 Å². The van der Waals surface area contributed by atoms with Gasteiger partial charge in [0.15, 0.2) is 0 Å². The van der Waals surface area contributed by atoms with Crippen molar-refractivity contribution in [2.75, 3.05) is 11.9 Å². The SMILES string of the molecule is CCOc1ccccc1CCC(=O)Nc1ccccc1C(C)C. The lowest BCUT2D eigenvalue weighted by molar-refractivity contribution is -0.116. The van der Waals surface area contributed by atoms with E-state index in [-0.39, 0.29) is 5.91 Å². The molecule has 3 nitrogen and oxygen atoms in total. The van der Waals surface area contributed by atoms with Crippen LogP contribution in [0.4, 0.5) is 5.69 Å². The summed E-state index contributed by atoms with van der Waals surface area (Å²) in [6.45, 7) is 6.85. The molecule has 0 aromatic heterocycles. The number of hydrogen-bond donors (Lipinski definition) is 1. The molecule has 0 aliphatic carbocycles. The van der Waals surface area contributed by atoms with Gasteiger partial charge in [-0.25, -0.2) is 0 Å². The van der Waals surface area contributed by atoms with E-state index in [0.29, 0.717) is 25.4 Å². The van der Waals surface area contributed by atoms with Crippen molar-refractivity contribution in [3.63, 3.8) is 0 Å². The molecule has 0 bridgehead atoms. The van der Waals surface area contributed by atoms with Gasteiger partial charge in [-0.3, -0.25) is 4.79 Å². The highest BCUT2D eigenvalue weighted by atomic mass is 16.5. The zero-order valence-electron chi connectivity index (χ0n) is 14.1. The summed E-state index contributed by atoms with van der Waals surface area (Å²) in [4.78, 5) is 12.3. The Labute approximate surface area is 138 Å². The Kier molecular flexibility index (Phi) is 6.21. The minimum absolute atomic E-state index is 0.0319. The number of aryl methyl sites for hydroxylation is 1. The number of anilines is 1. The van der Waals surface area contributed by atoms with Gasteiger partial charge in [-0.1, -0.05) is 50.2 Å². The Morgan fingerprint density at radius 2 is 1.78 bits per heavy atom. The molecule has 1 amide bonds. The average Bonchev–Trinajstić information content (AvgIpc) is 2.54. The molecule has 1 N–H and O–H groups in total. The summed E-state index contributed by atoms with van der Waals surface area (Å²) in [5.74, 6) is 1.28. The molecular weight excluding hydrogens is 286 g/mol. The Morgan fingerprint density at radius 1 is 1.09 bits per heavy atom. The number of amides is 1. The maximum Gasteiger partial charge on any atom is 0.224 e. The van der Waals surface area contributed by atoms with Gasteiger partial charge in [-0.05, 0) is 42.5 Å². The molecule has 0 atom stereocenters. The van der Waals surface area contributed by atoms with Crippen molar-refractivity contribution < 1.29 is 9.53 Å². The average molecular weight is 311 g/mol. The maximum absolute atomic E-state index is 12.3. The Balaban J connectivity index is 1.99. The van der Waals surface area contributed by atoms with Crippen molar-refractivity contribution in [2.24, 2.45) is 0 Å². The minimum atomic E-state index is 0.0319. The molecule has 0 unspecified atom stereocenters. The maximum atomic E-state index is 12.3. The molecule has 0 spiro atoms. The number of hydrogen-bond acceptors (Lipinski definition) is 2. The third kappa shape index (κ3) is 4.85. The predicted octanol–water partition coefficient (Wildman–Crippen LogP) is 4.78. The summed E-state index contributed by atoms with van der Waals surface area (Å²) >= 11 is 0. The fourth-order valence-electron chi connectivity index (χ4n) is 2.58. The highest BCUT2D eigenvalue weighted by Gasteiger charge is 2.10. The van der Waals surface area contributed by atoms with Crippen molar-refractivity contribution >= 4 is 11.6 Å². The highest BCUT2D eigenvalue weighted by molar-refractivity contribution is 5.91. The van der Waals surface area contributed by atoms with Crippen LogP contribution in [0.2, 0.25) is 0 Å². The first-order valence-corrected chi connectivity index (χ1v) is 8.21. The normalized spacial score (nSPS) is 10.6. The van der Waals surface area contributed by atoms with Gasteiger partial charge in [-0.15, -0.1) is 0 Å². The molecule has 2 aromatic rings. The quantitative estimate of drug-likeness (QED) is 0.799. The van der Waals surface area contributed by atoms with Gasteiger partial charge in [0.2, 0.25) is 5.91 Å². The number of ether oxygens (including phenoxy) is 1. The highest BCUT2D eigenvalue weighted by Crippen LogP contribution is 2.24. The lowest BCUT2D eigenvalue weighted by Crippen LogP contribution is -2.14. The third-order valence-electron chi connectivity index (χ3n) is 3.75. The predicted molar refractivity (Wildman–Crippen MR) is 95.1 cm³/mol. The second-order valence-electron chi connectivity index (χ2n) is 5.83. The minimum Gasteiger partial charge on any atom is -0.494 e. The van der Waals surface area contributed by atoms with Gasteiger partial charge in [0.1, 0.15) is 5.75 Å². The number of carbonyl (C=O) groups excluding carboxylic acids is 1. The summed E-state index contributed by atoms with van der Waals surface area (Å²) in [5, 5.41) is 3.03. The van der Waals surface area contributed by atoms with Crippen LogP contribution >= 0.6 is 0 Å². The van der Waals surface area contributed by atoms with Gasteiger partial charge in [0, 0.05) is 12.1 Å². The van der Waals surface area contributed by atoms with E-state index in [1.54, 1.807) is 0 Å². The fraction of sp³-hybridized carbons (Fsp3) is 0.350. The van der Waals surface area contributed by atoms with Crippen LogP contribution in [0.25, 0.3) is 0 Å². The second-order valence-corrected chi connectivity index (χ2v) is 5.83. The molecular formula is C20H25NO2. The summed E-state index contributed by atoms with van der Waals surface area (Å²) in [6, 6.07) is 15.9. The number of rotatable bonds is 7. The van der Waals surface area contributed by atoms with E-state index in [1.165, 1.54) is 0 Å². The number of carbonyl (C=O) groups is 1. The van der Waals surface area contributed by atoms with Crippen LogP contribution in [0.1, 0.15) is 44.2 Å². The van der Waals surface area contributed by atoms with E-state index in [2.05, 4.69) is 25.2 Å². The van der Waals surface area contributed by atoms with Crippen molar-refractivity contribution in [3.05, 3.63) is 59.7 Å². The zero-order valence-corrected chi connectivity index (χ0v) is 14.1. The van der Waals surface area contributed by atoms with Crippen LogP contribution in [-0.4, -0.2) is 12.5 Å². The molecule has 0 fully saturated rings. The van der Waals surface area contributed by atoms with E-state index in [0.717, 1.165) is 22.6 Å². The summed E-state index contributed by atoms with van der Waals surface area (Å²) < 4.78 is 5.61. The van der Waals surface area contributed by atoms with Crippen molar-refractivity contribution in [1.82, 2.24) is 0 Å². The van der Waals surface area contributed by atoms with Crippen LogP contribution in [0.5, 0.6) is 5.75 Å². The molecule has 2 aromatic carbocycles. The van der Waals surface area contributed by atoms with E-state index < -0.39 is 0 Å². The van der Waals surface area contributed by atoms with Gasteiger partial charge >= 0.3 is 0 Å². The molecule has 0 aliphatic heterocycles. The zero-order chi connectivity index (χ0) is 16.7. The molecule has 0 radical (unpaired) electrons. The second kappa shape index (κ2) is 8.37. The molecule has 2 rings (SSSR count). The molecule has 0 saturated carbocycles. The smallest absolute Gasteiger partial charge is 0.224 e. The molecule has 122 valence electrons. The van der Waals surface area contributed by atoms with E-state index in [9.17, 15) is 4.79 Å². The first-order chi connectivity index (χ1) is 11.1. The van der Waals surface area contributed by atoms with Crippen molar-refractivity contribution in [3.8, 4) is 5.75 Å². The van der Waals surface area contributed by atoms with Crippen LogP contribution in [0, 0.1) is 0 Å². The van der Waals surface area contributed by atoms with Crippen LogP contribution < -0.4 is 10.1 Å². The van der Waals surface area contributed by atoms with E-state index in [1.807, 2.05) is 49.4 Å². The monoisotopic (exact) mass is 311 g/mol. The number of para-hydroxylation sites is 2. The summed E-state index contributed by atoms with van der Waals surface area (Å²) in [5.41, 5.74) is 3.14. The van der Waals surface area contributed by atoms with Crippen LogP contribution in [-0.2, 0) is 11.2 Å². The van der Waals surface area contributed by atoms with Crippen molar-refractivity contribution in [1.29, 1.82) is 0 Å². The van der Waals surface area contributed by atoms with E-state index in [4.69, 9.17) is 4.74 Å². The third-order valence-corrected chi connectivity index (χ3v) is 3.75. The van der Waals surface area contributed by atoms with Crippen LogP contribution in [0.15, 0.2) is 48.5 Å². The topological polar surface area (TPSA) is 38.3 Å². The molecule has 0 heterocycles. The summed E-state index contributed by atoms with van der Waals surface area (Å²) in [7, 11) is 0. The molecule has 23 heavy (non-hydrogen) atoms. The Morgan fingerprint density at radius 3 is 2.52 bits per heavy atom. The molecule has 0 saturated heterocycles. The standard InChI is InChI=1S/C20H25NO2/c1-4-23-19-12-8-5-9-16(19)13-14-20(22)21-18-11-7-6-10-17(18)15(2)3/h5-12,15H,4,13-14H2,1-3H3,(H,21,22). The number of benzene rings is 2.